The van der Waals surface area contributed by atoms with E-state index < -0.39 is 0 Å². The highest BCUT2D eigenvalue weighted by molar-refractivity contribution is 9.10. The van der Waals surface area contributed by atoms with Crippen LogP contribution in [0.3, 0.4) is 0 Å². The van der Waals surface area contributed by atoms with Gasteiger partial charge in [0, 0.05) is 22.0 Å². The van der Waals surface area contributed by atoms with E-state index in [9.17, 15) is 4.39 Å². The van der Waals surface area contributed by atoms with Crippen LogP contribution in [-0.2, 0) is 5.41 Å². The van der Waals surface area contributed by atoms with Crippen molar-refractivity contribution in [2.75, 3.05) is 13.1 Å². The molecule has 0 aliphatic carbocycles. The van der Waals surface area contributed by atoms with E-state index in [1.165, 1.54) is 0 Å². The molecule has 15 heavy (non-hydrogen) atoms. The van der Waals surface area contributed by atoms with E-state index in [1.54, 1.807) is 12.1 Å². The minimum absolute atomic E-state index is 0.0809. The predicted octanol–water partition coefficient (Wildman–Crippen LogP) is 3.23. The Bertz CT molecular complexity index is 338. The Labute approximate surface area is 98.2 Å². The van der Waals surface area contributed by atoms with Gasteiger partial charge in [0.15, 0.2) is 0 Å². The van der Waals surface area contributed by atoms with Crippen LogP contribution in [0.5, 0.6) is 0 Å². The molecule has 0 aromatic heterocycles. The van der Waals surface area contributed by atoms with Gasteiger partial charge < -0.3 is 5.32 Å². The normalized spacial score (nSPS) is 26.6. The van der Waals surface area contributed by atoms with Crippen LogP contribution in [0, 0.1) is 5.82 Å². The second-order valence-corrected chi connectivity index (χ2v) is 5.29. The van der Waals surface area contributed by atoms with E-state index >= 15 is 0 Å². The number of halogens is 2. The van der Waals surface area contributed by atoms with E-state index in [-0.39, 0.29) is 11.2 Å². The van der Waals surface area contributed by atoms with Crippen molar-refractivity contribution in [3.8, 4) is 0 Å². The van der Waals surface area contributed by atoms with Gasteiger partial charge in [-0.3, -0.25) is 0 Å². The summed E-state index contributed by atoms with van der Waals surface area (Å²) in [7, 11) is 0. The summed E-state index contributed by atoms with van der Waals surface area (Å²) in [6.07, 6.45) is 2.15. The number of nitrogens with one attached hydrogen (secondary N) is 1. The SMILES string of the molecule is CC1(c2c(F)cccc2Br)CCCNC1. The van der Waals surface area contributed by atoms with Gasteiger partial charge in [0.05, 0.1) is 0 Å². The molecular formula is C12H15BrFN. The molecule has 1 aromatic rings. The van der Waals surface area contributed by atoms with Crippen molar-refractivity contribution in [2.24, 2.45) is 0 Å². The van der Waals surface area contributed by atoms with Gasteiger partial charge >= 0.3 is 0 Å². The van der Waals surface area contributed by atoms with Crippen molar-refractivity contribution >= 4 is 15.9 Å². The molecule has 0 saturated carbocycles. The largest absolute Gasteiger partial charge is 0.316 e. The molecule has 2 rings (SSSR count). The molecule has 1 N–H and O–H groups in total. The van der Waals surface area contributed by atoms with Crippen molar-refractivity contribution < 1.29 is 4.39 Å². The van der Waals surface area contributed by atoms with Crippen molar-refractivity contribution in [2.45, 2.75) is 25.2 Å². The maximum atomic E-state index is 13.8. The highest BCUT2D eigenvalue weighted by Crippen LogP contribution is 2.36. The first-order chi connectivity index (χ1) is 7.13. The maximum absolute atomic E-state index is 13.8. The molecule has 1 aliphatic rings. The lowest BCUT2D eigenvalue weighted by Crippen LogP contribution is -2.41. The Balaban J connectivity index is 2.42. The molecule has 1 nitrogen and oxygen atoms in total. The minimum Gasteiger partial charge on any atom is -0.316 e. The average molecular weight is 272 g/mol. The second-order valence-electron chi connectivity index (χ2n) is 4.44. The van der Waals surface area contributed by atoms with Crippen LogP contribution in [0.25, 0.3) is 0 Å². The third-order valence-electron chi connectivity index (χ3n) is 3.16. The van der Waals surface area contributed by atoms with Gasteiger partial charge in [-0.25, -0.2) is 4.39 Å². The molecule has 1 aliphatic heterocycles. The summed E-state index contributed by atoms with van der Waals surface area (Å²) in [5.74, 6) is -0.101. The average Bonchev–Trinajstić information content (AvgIpc) is 2.18. The van der Waals surface area contributed by atoms with Crippen LogP contribution >= 0.6 is 15.9 Å². The summed E-state index contributed by atoms with van der Waals surface area (Å²) in [5, 5.41) is 3.34. The molecular weight excluding hydrogens is 257 g/mol. The van der Waals surface area contributed by atoms with Crippen LogP contribution in [-0.4, -0.2) is 13.1 Å². The lowest BCUT2D eigenvalue weighted by atomic mass is 9.76. The predicted molar refractivity (Wildman–Crippen MR) is 63.6 cm³/mol. The Morgan fingerprint density at radius 3 is 2.87 bits per heavy atom. The van der Waals surface area contributed by atoms with Crippen LogP contribution in [0.1, 0.15) is 25.3 Å². The quantitative estimate of drug-likeness (QED) is 0.827. The van der Waals surface area contributed by atoms with Crippen LogP contribution in [0.4, 0.5) is 4.39 Å². The molecule has 0 amide bonds. The lowest BCUT2D eigenvalue weighted by Gasteiger charge is -2.35. The van der Waals surface area contributed by atoms with Gasteiger partial charge in [0.2, 0.25) is 0 Å². The molecule has 3 heteroatoms. The molecule has 1 atom stereocenters. The Morgan fingerprint density at radius 2 is 2.27 bits per heavy atom. The summed E-state index contributed by atoms with van der Waals surface area (Å²) in [6, 6.07) is 5.20. The molecule has 1 heterocycles. The van der Waals surface area contributed by atoms with Crippen molar-refractivity contribution in [1.82, 2.24) is 5.32 Å². The monoisotopic (exact) mass is 271 g/mol. The first-order valence-electron chi connectivity index (χ1n) is 5.29. The first-order valence-corrected chi connectivity index (χ1v) is 6.08. The molecule has 1 unspecified atom stereocenters. The topological polar surface area (TPSA) is 12.0 Å². The second kappa shape index (κ2) is 4.22. The summed E-state index contributed by atoms with van der Waals surface area (Å²) < 4.78 is 14.7. The third-order valence-corrected chi connectivity index (χ3v) is 3.82. The third kappa shape index (κ3) is 2.08. The summed E-state index contributed by atoms with van der Waals surface area (Å²) in [5.41, 5.74) is 0.736. The van der Waals surface area contributed by atoms with Gasteiger partial charge in [-0.05, 0) is 31.5 Å². The molecule has 0 spiro atoms. The van der Waals surface area contributed by atoms with Gasteiger partial charge in [-0.15, -0.1) is 0 Å². The molecule has 0 radical (unpaired) electrons. The van der Waals surface area contributed by atoms with E-state index in [4.69, 9.17) is 0 Å². The van der Waals surface area contributed by atoms with Gasteiger partial charge in [0.25, 0.3) is 0 Å². The molecule has 1 fully saturated rings. The zero-order valence-electron chi connectivity index (χ0n) is 8.82. The fourth-order valence-corrected chi connectivity index (χ4v) is 3.16. The zero-order chi connectivity index (χ0) is 10.9. The van der Waals surface area contributed by atoms with Crippen LogP contribution in [0.15, 0.2) is 22.7 Å². The Kier molecular flexibility index (Phi) is 3.12. The molecule has 1 aromatic carbocycles. The van der Waals surface area contributed by atoms with E-state index in [0.29, 0.717) is 0 Å². The zero-order valence-corrected chi connectivity index (χ0v) is 10.4. The number of benzene rings is 1. The molecule has 1 saturated heterocycles. The number of hydrogen-bond donors (Lipinski definition) is 1. The summed E-state index contributed by atoms with van der Waals surface area (Å²) in [4.78, 5) is 0. The maximum Gasteiger partial charge on any atom is 0.128 e. The van der Waals surface area contributed by atoms with Crippen molar-refractivity contribution in [3.63, 3.8) is 0 Å². The van der Waals surface area contributed by atoms with Gasteiger partial charge in [-0.1, -0.05) is 28.9 Å². The highest BCUT2D eigenvalue weighted by atomic mass is 79.9. The smallest absolute Gasteiger partial charge is 0.128 e. The highest BCUT2D eigenvalue weighted by Gasteiger charge is 2.32. The van der Waals surface area contributed by atoms with Crippen molar-refractivity contribution in [3.05, 3.63) is 34.1 Å². The number of rotatable bonds is 1. The van der Waals surface area contributed by atoms with Crippen LogP contribution in [0.2, 0.25) is 0 Å². The fraction of sp³-hybridized carbons (Fsp3) is 0.500. The first kappa shape index (κ1) is 11.1. The summed E-state index contributed by atoms with van der Waals surface area (Å²) in [6.45, 7) is 4.02. The Morgan fingerprint density at radius 1 is 1.47 bits per heavy atom. The van der Waals surface area contributed by atoms with Crippen LogP contribution < -0.4 is 5.32 Å². The Hall–Kier alpha value is -0.410. The number of piperidine rings is 1. The van der Waals surface area contributed by atoms with E-state index in [0.717, 1.165) is 36.0 Å². The van der Waals surface area contributed by atoms with E-state index in [2.05, 4.69) is 28.2 Å². The lowest BCUT2D eigenvalue weighted by molar-refractivity contribution is 0.327. The van der Waals surface area contributed by atoms with Gasteiger partial charge in [0.1, 0.15) is 5.82 Å². The fourth-order valence-electron chi connectivity index (χ4n) is 2.34. The molecule has 82 valence electrons. The summed E-state index contributed by atoms with van der Waals surface area (Å²) >= 11 is 3.45. The van der Waals surface area contributed by atoms with E-state index in [1.807, 2.05) is 6.07 Å². The number of hydrogen-bond acceptors (Lipinski definition) is 1. The minimum atomic E-state index is -0.101. The van der Waals surface area contributed by atoms with Gasteiger partial charge in [-0.2, -0.15) is 0 Å². The van der Waals surface area contributed by atoms with Crippen molar-refractivity contribution in [1.29, 1.82) is 0 Å². The standard InChI is InChI=1S/C12H15BrFN/c1-12(6-3-7-15-8-12)11-9(13)4-2-5-10(11)14/h2,4-5,15H,3,6-8H2,1H3. The molecule has 0 bridgehead atoms.